The summed E-state index contributed by atoms with van der Waals surface area (Å²) in [5, 5.41) is 0. The monoisotopic (exact) mass is 373 g/mol. The van der Waals surface area contributed by atoms with Gasteiger partial charge in [0.1, 0.15) is 17.2 Å². The molecule has 4 nitrogen and oxygen atoms in total. The highest BCUT2D eigenvalue weighted by Gasteiger charge is 2.08. The molecule has 0 aliphatic rings. The quantitative estimate of drug-likeness (QED) is 0.494. The van der Waals surface area contributed by atoms with Crippen molar-refractivity contribution in [3.63, 3.8) is 0 Å². The summed E-state index contributed by atoms with van der Waals surface area (Å²) in [6, 6.07) is 19.7. The summed E-state index contributed by atoms with van der Waals surface area (Å²) >= 11 is 0. The molecule has 0 unspecified atom stereocenters. The van der Waals surface area contributed by atoms with Gasteiger partial charge in [-0.1, -0.05) is 36.4 Å². The second kappa shape index (κ2) is 8.93. The van der Waals surface area contributed by atoms with Gasteiger partial charge < -0.3 is 20.9 Å². The van der Waals surface area contributed by atoms with Gasteiger partial charge in [0.25, 0.3) is 0 Å². The van der Waals surface area contributed by atoms with Crippen molar-refractivity contribution in [3.8, 4) is 11.5 Å². The molecule has 0 aliphatic heterocycles. The molecule has 3 aromatic carbocycles. The average Bonchev–Trinajstić information content (AvgIpc) is 2.72. The largest absolute Gasteiger partial charge is 0.496 e. The number of quaternary nitrogens is 1. The Morgan fingerprint density at radius 2 is 1.11 bits per heavy atom. The van der Waals surface area contributed by atoms with E-state index in [0.29, 0.717) is 0 Å². The molecule has 28 heavy (non-hydrogen) atoms. The number of rotatable bonds is 6. The van der Waals surface area contributed by atoms with Crippen LogP contribution in [0, 0.1) is 0 Å². The van der Waals surface area contributed by atoms with E-state index in [-0.39, 0.29) is 0 Å². The smallest absolute Gasteiger partial charge is 0.127 e. The zero-order valence-electron chi connectivity index (χ0n) is 16.2. The predicted octanol–water partition coefficient (Wildman–Crippen LogP) is 4.50. The molecule has 0 fully saturated rings. The van der Waals surface area contributed by atoms with Crippen LogP contribution in [-0.4, -0.2) is 14.2 Å². The van der Waals surface area contributed by atoms with Crippen LogP contribution in [-0.2, 0) is 0 Å². The van der Waals surface area contributed by atoms with Crippen molar-refractivity contribution in [3.05, 3.63) is 82.9 Å². The van der Waals surface area contributed by atoms with E-state index in [1.807, 2.05) is 85.0 Å². The molecule has 4 heteroatoms. The molecular formula is C24H25N2O2+. The van der Waals surface area contributed by atoms with Crippen molar-refractivity contribution in [2.24, 2.45) is 0 Å². The third-order valence-electron chi connectivity index (χ3n) is 4.41. The van der Waals surface area contributed by atoms with Crippen LogP contribution in [0.25, 0.3) is 24.3 Å². The van der Waals surface area contributed by atoms with Crippen molar-refractivity contribution in [1.29, 1.82) is 0 Å². The molecule has 0 saturated heterocycles. The maximum Gasteiger partial charge on any atom is 0.127 e. The Labute approximate surface area is 165 Å². The maximum atomic E-state index is 5.74. The zero-order valence-corrected chi connectivity index (χ0v) is 16.2. The predicted molar refractivity (Wildman–Crippen MR) is 117 cm³/mol. The first-order valence-electron chi connectivity index (χ1n) is 8.99. The van der Waals surface area contributed by atoms with E-state index in [0.717, 1.165) is 45.1 Å². The van der Waals surface area contributed by atoms with Gasteiger partial charge in [-0.3, -0.25) is 0 Å². The lowest BCUT2D eigenvalue weighted by atomic mass is 10.1. The van der Waals surface area contributed by atoms with Crippen molar-refractivity contribution in [2.45, 2.75) is 0 Å². The first-order valence-corrected chi connectivity index (χ1v) is 8.99. The lowest BCUT2D eigenvalue weighted by molar-refractivity contribution is -0.254. The van der Waals surface area contributed by atoms with Gasteiger partial charge in [0.05, 0.1) is 14.2 Å². The molecule has 0 bridgehead atoms. The highest BCUT2D eigenvalue weighted by molar-refractivity contribution is 5.79. The first-order chi connectivity index (χ1) is 13.6. The Morgan fingerprint density at radius 1 is 0.679 bits per heavy atom. The molecular weight excluding hydrogens is 348 g/mol. The first kappa shape index (κ1) is 19.3. The molecule has 0 aromatic heterocycles. The number of methoxy groups -OCH3 is 2. The van der Waals surface area contributed by atoms with E-state index in [2.05, 4.69) is 5.73 Å². The number of ether oxygens (including phenoxy) is 2. The van der Waals surface area contributed by atoms with Crippen molar-refractivity contribution >= 4 is 35.7 Å². The lowest BCUT2D eigenvalue weighted by Crippen LogP contribution is -2.39. The fourth-order valence-electron chi connectivity index (χ4n) is 2.81. The van der Waals surface area contributed by atoms with E-state index >= 15 is 0 Å². The number of hydrogen-bond donors (Lipinski definition) is 2. The Morgan fingerprint density at radius 3 is 1.54 bits per heavy atom. The maximum absolute atomic E-state index is 5.74. The van der Waals surface area contributed by atoms with E-state index in [1.54, 1.807) is 14.2 Å². The summed E-state index contributed by atoms with van der Waals surface area (Å²) < 4.78 is 11.2. The summed E-state index contributed by atoms with van der Waals surface area (Å²) in [7, 11) is 3.34. The van der Waals surface area contributed by atoms with Crippen LogP contribution in [0.3, 0.4) is 0 Å². The molecule has 0 aliphatic carbocycles. The molecule has 0 amide bonds. The molecule has 142 valence electrons. The van der Waals surface area contributed by atoms with Crippen LogP contribution >= 0.6 is 0 Å². The molecule has 0 saturated carbocycles. The molecule has 3 rings (SSSR count). The van der Waals surface area contributed by atoms with Crippen molar-refractivity contribution < 1.29 is 15.2 Å². The number of nitrogen functional groups attached to an aromatic ring is 1. The van der Waals surface area contributed by atoms with Crippen molar-refractivity contribution in [2.75, 3.05) is 20.0 Å². The van der Waals surface area contributed by atoms with Gasteiger partial charge in [-0.15, -0.1) is 0 Å². The van der Waals surface area contributed by atoms with Crippen LogP contribution < -0.4 is 20.9 Å². The molecule has 0 radical (unpaired) electrons. The van der Waals surface area contributed by atoms with Crippen LogP contribution in [0.1, 0.15) is 22.3 Å². The van der Waals surface area contributed by atoms with Gasteiger partial charge in [0.2, 0.25) is 0 Å². The van der Waals surface area contributed by atoms with Crippen LogP contribution in [0.2, 0.25) is 0 Å². The van der Waals surface area contributed by atoms with E-state index in [9.17, 15) is 0 Å². The number of anilines is 1. The molecule has 0 heterocycles. The average molecular weight is 373 g/mol. The van der Waals surface area contributed by atoms with Gasteiger partial charge in [-0.05, 0) is 59.7 Å². The van der Waals surface area contributed by atoms with Gasteiger partial charge in [-0.2, -0.15) is 0 Å². The zero-order chi connectivity index (χ0) is 19.9. The van der Waals surface area contributed by atoms with Crippen LogP contribution in [0.4, 0.5) is 11.4 Å². The number of nitrogens with two attached hydrogens (primary N) is 1. The van der Waals surface area contributed by atoms with E-state index in [1.165, 1.54) is 0 Å². The van der Waals surface area contributed by atoms with Gasteiger partial charge in [0, 0.05) is 16.8 Å². The van der Waals surface area contributed by atoms with Crippen molar-refractivity contribution in [1.82, 2.24) is 0 Å². The summed E-state index contributed by atoms with van der Waals surface area (Å²) in [5.74, 6) is 1.56. The van der Waals surface area contributed by atoms with Gasteiger partial charge >= 0.3 is 0 Å². The standard InChI is InChI=1S/C24H24N2O2/c1-27-23-15-20(10-4-18-7-13-22(26)14-8-18)24(28-2)16-19(23)9-3-17-5-11-21(25)12-6-17/h3-16H,25-26H2,1-2H3/p+1. The van der Waals surface area contributed by atoms with Crippen LogP contribution in [0.15, 0.2) is 60.7 Å². The topological polar surface area (TPSA) is 72.1 Å². The Hall–Kier alpha value is -3.50. The Balaban J connectivity index is 1.90. The minimum absolute atomic E-state index is 0.748. The summed E-state index contributed by atoms with van der Waals surface area (Å²) in [4.78, 5) is 0. The Kier molecular flexibility index (Phi) is 6.14. The van der Waals surface area contributed by atoms with Gasteiger partial charge in [-0.25, -0.2) is 0 Å². The van der Waals surface area contributed by atoms with E-state index < -0.39 is 0 Å². The second-order valence-corrected chi connectivity index (χ2v) is 6.41. The summed E-state index contributed by atoms with van der Waals surface area (Å²) in [6.45, 7) is 0. The van der Waals surface area contributed by atoms with Gasteiger partial charge in [0.15, 0.2) is 0 Å². The summed E-state index contributed by atoms with van der Waals surface area (Å²) in [6.07, 6.45) is 8.09. The van der Waals surface area contributed by atoms with E-state index in [4.69, 9.17) is 15.2 Å². The molecule has 0 atom stereocenters. The third kappa shape index (κ3) is 4.81. The Bertz CT molecular complexity index is 905. The lowest BCUT2D eigenvalue weighted by Gasteiger charge is -2.11. The molecule has 5 N–H and O–H groups in total. The normalized spacial score (nSPS) is 11.2. The number of benzene rings is 3. The van der Waals surface area contributed by atoms with Crippen LogP contribution in [0.5, 0.6) is 11.5 Å². The highest BCUT2D eigenvalue weighted by atomic mass is 16.5. The summed E-state index contributed by atoms with van der Waals surface area (Å²) in [5.41, 5.74) is 15.4. The molecule has 0 spiro atoms. The fourth-order valence-corrected chi connectivity index (χ4v) is 2.81. The minimum atomic E-state index is 0.748. The second-order valence-electron chi connectivity index (χ2n) is 6.41. The third-order valence-corrected chi connectivity index (χ3v) is 4.41. The SMILES string of the molecule is COc1cc(C=Cc2ccc([NH3+])cc2)c(OC)cc1C=Cc1ccc(N)cc1. The molecule has 3 aromatic rings. The fraction of sp³-hybridized carbons (Fsp3) is 0.0833. The number of hydrogen-bond acceptors (Lipinski definition) is 3. The highest BCUT2D eigenvalue weighted by Crippen LogP contribution is 2.31. The minimum Gasteiger partial charge on any atom is -0.496 e.